The highest BCUT2D eigenvalue weighted by molar-refractivity contribution is 8.03. The van der Waals surface area contributed by atoms with Crippen molar-refractivity contribution in [2.75, 3.05) is 39.0 Å². The summed E-state index contributed by atoms with van der Waals surface area (Å²) in [5, 5.41) is 3.00. The molecule has 0 fully saturated rings. The van der Waals surface area contributed by atoms with E-state index in [2.05, 4.69) is 28.9 Å². The van der Waals surface area contributed by atoms with E-state index in [0.29, 0.717) is 19.6 Å². The fourth-order valence-corrected chi connectivity index (χ4v) is 1.81. The molecule has 0 heterocycles. The molecule has 0 aliphatic rings. The van der Waals surface area contributed by atoms with E-state index >= 15 is 0 Å². The van der Waals surface area contributed by atoms with Crippen LogP contribution in [0.15, 0.2) is 21.1 Å². The molecule has 0 aliphatic heterocycles. The molecule has 1 amide bonds. The van der Waals surface area contributed by atoms with Gasteiger partial charge in [-0.2, -0.15) is 0 Å². The van der Waals surface area contributed by atoms with Crippen LogP contribution in [0.1, 0.15) is 6.92 Å². The van der Waals surface area contributed by atoms with Gasteiger partial charge in [0, 0.05) is 37.0 Å². The van der Waals surface area contributed by atoms with Gasteiger partial charge in [-0.3, -0.25) is 14.8 Å². The van der Waals surface area contributed by atoms with Gasteiger partial charge < -0.3 is 10.2 Å². The van der Waals surface area contributed by atoms with Crippen molar-refractivity contribution in [1.29, 1.82) is 0 Å². The number of likely N-dealkylation sites (N-methyl/N-ethyl adjacent to an activating group) is 1. The summed E-state index contributed by atoms with van der Waals surface area (Å²) in [5.41, 5.74) is 0. The maximum atomic E-state index is 10.8. The summed E-state index contributed by atoms with van der Waals surface area (Å²) in [7, 11) is 1.86. The summed E-state index contributed by atoms with van der Waals surface area (Å²) in [4.78, 5) is 21.5. The molecular formula is C12H22N4OS. The molecule has 1 N–H and O–H groups in total. The molecule has 0 spiro atoms. The number of allylic oxidation sites excluding steroid dienone is 1. The lowest BCUT2D eigenvalue weighted by atomic mass is 10.5. The zero-order valence-corrected chi connectivity index (χ0v) is 11.9. The number of carbonyl (C=O) groups is 1. The molecule has 5 nitrogen and oxygen atoms in total. The van der Waals surface area contributed by atoms with Gasteiger partial charge >= 0.3 is 0 Å². The number of nitrogens with one attached hydrogen (secondary N) is 1. The van der Waals surface area contributed by atoms with E-state index in [1.54, 1.807) is 29.1 Å². The number of nitrogens with zero attached hydrogens (tertiary/aromatic N) is 3. The highest BCUT2D eigenvalue weighted by atomic mass is 32.2. The van der Waals surface area contributed by atoms with Crippen LogP contribution in [-0.4, -0.2) is 63.2 Å². The summed E-state index contributed by atoms with van der Waals surface area (Å²) < 4.78 is 0. The number of hydrogen-bond donors (Lipinski definition) is 1. The molecular weight excluding hydrogens is 248 g/mol. The fourth-order valence-electron chi connectivity index (χ4n) is 1.18. The lowest BCUT2D eigenvalue weighted by Crippen LogP contribution is -2.31. The van der Waals surface area contributed by atoms with Gasteiger partial charge in [-0.1, -0.05) is 6.92 Å². The minimum atomic E-state index is 0.598. The number of carbonyl (C=O) groups excluding carboxylic acids is 1. The number of hydrogen-bond acceptors (Lipinski definition) is 5. The van der Waals surface area contributed by atoms with E-state index in [0.717, 1.165) is 23.6 Å². The Morgan fingerprint density at radius 3 is 2.83 bits per heavy atom. The molecule has 0 aliphatic carbocycles. The summed E-state index contributed by atoms with van der Waals surface area (Å²) >= 11 is 1.66. The number of thioether (sulfide) groups is 1. The molecule has 0 radical (unpaired) electrons. The van der Waals surface area contributed by atoms with Crippen molar-refractivity contribution in [3.8, 4) is 0 Å². The topological polar surface area (TPSA) is 57.1 Å². The molecule has 0 aromatic heterocycles. The van der Waals surface area contributed by atoms with Crippen molar-refractivity contribution >= 4 is 31.1 Å². The largest absolute Gasteiger partial charge is 0.342 e. The SMILES string of the molecule is C=N/C=C(\C=NCCN(C=O)CCNC)SCC. The Morgan fingerprint density at radius 2 is 2.28 bits per heavy atom. The van der Waals surface area contributed by atoms with Gasteiger partial charge in [0.05, 0.1) is 6.54 Å². The normalized spacial score (nSPS) is 11.8. The molecule has 0 saturated heterocycles. The van der Waals surface area contributed by atoms with Crippen molar-refractivity contribution < 1.29 is 4.79 Å². The zero-order valence-electron chi connectivity index (χ0n) is 11.1. The van der Waals surface area contributed by atoms with Crippen LogP contribution >= 0.6 is 11.8 Å². The van der Waals surface area contributed by atoms with Crippen LogP contribution in [0.4, 0.5) is 0 Å². The van der Waals surface area contributed by atoms with E-state index in [1.807, 2.05) is 7.05 Å². The first kappa shape index (κ1) is 16.9. The first-order valence-corrected chi connectivity index (χ1v) is 6.89. The maximum absolute atomic E-state index is 10.8. The van der Waals surface area contributed by atoms with Crippen molar-refractivity contribution in [3.63, 3.8) is 0 Å². The van der Waals surface area contributed by atoms with Crippen molar-refractivity contribution in [2.45, 2.75) is 6.92 Å². The minimum absolute atomic E-state index is 0.598. The average Bonchev–Trinajstić information content (AvgIpc) is 2.38. The van der Waals surface area contributed by atoms with Gasteiger partial charge in [0.25, 0.3) is 0 Å². The Balaban J connectivity index is 4.01. The number of rotatable bonds is 11. The lowest BCUT2D eigenvalue weighted by Gasteiger charge is -2.15. The molecule has 0 bridgehead atoms. The van der Waals surface area contributed by atoms with Crippen LogP contribution in [-0.2, 0) is 4.79 Å². The fraction of sp³-hybridized carbons (Fsp3) is 0.583. The second kappa shape index (κ2) is 12.3. The molecule has 0 atom stereocenters. The molecule has 18 heavy (non-hydrogen) atoms. The molecule has 0 aromatic rings. The van der Waals surface area contributed by atoms with Crippen LogP contribution in [0.25, 0.3) is 0 Å². The molecule has 0 saturated carbocycles. The van der Waals surface area contributed by atoms with Crippen LogP contribution < -0.4 is 5.32 Å². The van der Waals surface area contributed by atoms with Crippen LogP contribution in [0, 0.1) is 0 Å². The van der Waals surface area contributed by atoms with E-state index in [4.69, 9.17) is 0 Å². The van der Waals surface area contributed by atoms with Crippen molar-refractivity contribution in [2.24, 2.45) is 9.98 Å². The van der Waals surface area contributed by atoms with Gasteiger partial charge in [-0.05, 0) is 19.5 Å². The van der Waals surface area contributed by atoms with Gasteiger partial charge in [0.15, 0.2) is 0 Å². The molecule has 0 aromatic carbocycles. The van der Waals surface area contributed by atoms with Crippen molar-refractivity contribution in [3.05, 3.63) is 11.1 Å². The predicted octanol–water partition coefficient (Wildman–Crippen LogP) is 1.03. The van der Waals surface area contributed by atoms with E-state index in [-0.39, 0.29) is 0 Å². The molecule has 102 valence electrons. The van der Waals surface area contributed by atoms with E-state index in [9.17, 15) is 4.79 Å². The van der Waals surface area contributed by atoms with Crippen LogP contribution in [0.5, 0.6) is 0 Å². The standard InChI is InChI=1S/C12H22N4OS/c1-4-18-12(9-14-3)10-15-6-8-16(11-17)7-5-13-2/h9-11,13H,3-8H2,1-2H3/b12-9+,15-10?. The monoisotopic (exact) mass is 270 g/mol. The first-order valence-electron chi connectivity index (χ1n) is 5.91. The zero-order chi connectivity index (χ0) is 13.6. The van der Waals surface area contributed by atoms with Crippen LogP contribution in [0.3, 0.4) is 0 Å². The van der Waals surface area contributed by atoms with Crippen LogP contribution in [0.2, 0.25) is 0 Å². The summed E-state index contributed by atoms with van der Waals surface area (Å²) in [6.07, 6.45) is 4.33. The second-order valence-electron chi connectivity index (χ2n) is 3.43. The third-order valence-electron chi connectivity index (χ3n) is 2.06. The first-order chi connectivity index (χ1) is 8.78. The average molecular weight is 270 g/mol. The molecule has 0 unspecified atom stereocenters. The highest BCUT2D eigenvalue weighted by Gasteiger charge is 1.98. The summed E-state index contributed by atoms with van der Waals surface area (Å²) in [6.45, 7) is 8.22. The third-order valence-corrected chi connectivity index (χ3v) is 2.90. The predicted molar refractivity (Wildman–Crippen MR) is 80.7 cm³/mol. The van der Waals surface area contributed by atoms with E-state index < -0.39 is 0 Å². The van der Waals surface area contributed by atoms with E-state index in [1.165, 1.54) is 0 Å². The Kier molecular flexibility index (Phi) is 11.5. The quantitative estimate of drug-likeness (QED) is 0.451. The van der Waals surface area contributed by atoms with Crippen molar-refractivity contribution in [1.82, 2.24) is 10.2 Å². The maximum Gasteiger partial charge on any atom is 0.209 e. The summed E-state index contributed by atoms with van der Waals surface area (Å²) in [5.74, 6) is 0.968. The Bertz CT molecular complexity index is 292. The Labute approximate surface area is 113 Å². The minimum Gasteiger partial charge on any atom is -0.342 e. The Hall–Kier alpha value is -1.14. The lowest BCUT2D eigenvalue weighted by molar-refractivity contribution is -0.118. The Morgan fingerprint density at radius 1 is 1.50 bits per heavy atom. The molecule has 0 rings (SSSR count). The van der Waals surface area contributed by atoms with Gasteiger partial charge in [-0.15, -0.1) is 11.8 Å². The smallest absolute Gasteiger partial charge is 0.209 e. The number of aliphatic imine (C=N–C) groups is 2. The van der Waals surface area contributed by atoms with Gasteiger partial charge in [0.2, 0.25) is 6.41 Å². The number of amides is 1. The second-order valence-corrected chi connectivity index (χ2v) is 4.76. The molecule has 6 heteroatoms. The van der Waals surface area contributed by atoms with Gasteiger partial charge in [-0.25, -0.2) is 0 Å². The summed E-state index contributed by atoms with van der Waals surface area (Å²) in [6, 6.07) is 0. The van der Waals surface area contributed by atoms with Gasteiger partial charge in [0.1, 0.15) is 0 Å². The third kappa shape index (κ3) is 8.95. The highest BCUT2D eigenvalue weighted by Crippen LogP contribution is 2.12.